The van der Waals surface area contributed by atoms with Crippen LogP contribution in [0.25, 0.3) is 5.65 Å². The van der Waals surface area contributed by atoms with Gasteiger partial charge in [0.05, 0.1) is 12.3 Å². The van der Waals surface area contributed by atoms with Gasteiger partial charge in [0, 0.05) is 25.1 Å². The Morgan fingerprint density at radius 2 is 2.14 bits per heavy atom. The number of pyridine rings is 1. The van der Waals surface area contributed by atoms with Gasteiger partial charge >= 0.3 is 0 Å². The highest BCUT2D eigenvalue weighted by atomic mass is 16.5. The minimum atomic E-state index is 0.613. The first kappa shape index (κ1) is 9.21. The van der Waals surface area contributed by atoms with Gasteiger partial charge in [-0.3, -0.25) is 0 Å². The summed E-state index contributed by atoms with van der Waals surface area (Å²) in [5, 5.41) is 0. The summed E-state index contributed by atoms with van der Waals surface area (Å²) in [4.78, 5) is 4.46. The lowest BCUT2D eigenvalue weighted by Gasteiger charge is -2.03. The van der Waals surface area contributed by atoms with Crippen molar-refractivity contribution in [1.82, 2.24) is 9.38 Å². The van der Waals surface area contributed by atoms with Crippen LogP contribution in [0.4, 0.5) is 0 Å². The Morgan fingerprint density at radius 3 is 2.86 bits per heavy atom. The van der Waals surface area contributed by atoms with Crippen molar-refractivity contribution < 1.29 is 4.74 Å². The quantitative estimate of drug-likeness (QED) is 0.725. The molecule has 74 valence electrons. The van der Waals surface area contributed by atoms with Gasteiger partial charge in [-0.1, -0.05) is 0 Å². The molecule has 0 saturated carbocycles. The first-order valence-corrected chi connectivity index (χ1v) is 4.64. The van der Waals surface area contributed by atoms with Gasteiger partial charge in [0.25, 0.3) is 0 Å². The zero-order chi connectivity index (χ0) is 10.1. The molecule has 0 aliphatic heterocycles. The second-order valence-corrected chi connectivity index (χ2v) is 3.59. The fraction of sp³-hybridized carbons (Fsp3) is 0.364. The van der Waals surface area contributed by atoms with Crippen LogP contribution in [0.3, 0.4) is 0 Å². The zero-order valence-corrected chi connectivity index (χ0v) is 8.74. The molecule has 0 aliphatic rings. The predicted molar refractivity (Wildman–Crippen MR) is 55.4 cm³/mol. The van der Waals surface area contributed by atoms with Crippen LogP contribution in [0.2, 0.25) is 0 Å². The smallest absolute Gasteiger partial charge is 0.142 e. The number of fused-ring (bicyclic) bond motifs is 1. The third kappa shape index (κ3) is 1.51. The summed E-state index contributed by atoms with van der Waals surface area (Å²) in [7, 11) is 1.70. The monoisotopic (exact) mass is 190 g/mol. The van der Waals surface area contributed by atoms with Crippen LogP contribution in [-0.2, 0) is 11.3 Å². The Balaban J connectivity index is 2.66. The highest BCUT2D eigenvalue weighted by molar-refractivity contribution is 5.49. The third-order valence-corrected chi connectivity index (χ3v) is 2.18. The molecule has 2 aromatic rings. The molecule has 3 heteroatoms. The average Bonchev–Trinajstić information content (AvgIpc) is 2.45. The summed E-state index contributed by atoms with van der Waals surface area (Å²) >= 11 is 0. The van der Waals surface area contributed by atoms with Gasteiger partial charge in [-0.2, -0.15) is 0 Å². The molecule has 0 amide bonds. The van der Waals surface area contributed by atoms with Gasteiger partial charge in [-0.25, -0.2) is 4.98 Å². The summed E-state index contributed by atoms with van der Waals surface area (Å²) in [6, 6.07) is 2.12. The van der Waals surface area contributed by atoms with Gasteiger partial charge in [-0.05, 0) is 25.5 Å². The highest BCUT2D eigenvalue weighted by Crippen LogP contribution is 2.14. The lowest BCUT2D eigenvalue weighted by Crippen LogP contribution is -1.95. The second kappa shape index (κ2) is 3.42. The molecule has 0 aromatic carbocycles. The maximum atomic E-state index is 5.15. The van der Waals surface area contributed by atoms with E-state index in [2.05, 4.69) is 28.6 Å². The van der Waals surface area contributed by atoms with E-state index in [-0.39, 0.29) is 0 Å². The molecule has 0 unspecified atom stereocenters. The van der Waals surface area contributed by atoms with Gasteiger partial charge in [0.2, 0.25) is 0 Å². The molecule has 3 nitrogen and oxygen atoms in total. The molecular weight excluding hydrogens is 176 g/mol. The Bertz CT molecular complexity index is 460. The van der Waals surface area contributed by atoms with E-state index >= 15 is 0 Å². The number of aromatic nitrogens is 2. The van der Waals surface area contributed by atoms with Gasteiger partial charge < -0.3 is 9.14 Å². The second-order valence-electron chi connectivity index (χ2n) is 3.59. The molecule has 0 saturated heterocycles. The first-order valence-electron chi connectivity index (χ1n) is 4.64. The lowest BCUT2D eigenvalue weighted by atomic mass is 10.2. The SMILES string of the molecule is COCc1cc(C)cn2cc(C)nc12. The predicted octanol–water partition coefficient (Wildman–Crippen LogP) is 2.10. The van der Waals surface area contributed by atoms with E-state index in [9.17, 15) is 0 Å². The Labute approximate surface area is 83.3 Å². The number of aryl methyl sites for hydroxylation is 2. The number of hydrogen-bond acceptors (Lipinski definition) is 2. The largest absolute Gasteiger partial charge is 0.380 e. The lowest BCUT2D eigenvalue weighted by molar-refractivity contribution is 0.185. The highest BCUT2D eigenvalue weighted by Gasteiger charge is 2.04. The third-order valence-electron chi connectivity index (χ3n) is 2.18. The molecule has 0 fully saturated rings. The van der Waals surface area contributed by atoms with Gasteiger partial charge in [0.1, 0.15) is 5.65 Å². The first-order chi connectivity index (χ1) is 6.70. The molecule has 0 atom stereocenters. The number of ether oxygens (including phenoxy) is 1. The normalized spacial score (nSPS) is 11.1. The van der Waals surface area contributed by atoms with E-state index in [1.807, 2.05) is 13.1 Å². The van der Waals surface area contributed by atoms with E-state index in [1.165, 1.54) is 5.56 Å². The van der Waals surface area contributed by atoms with E-state index in [0.29, 0.717) is 6.61 Å². The van der Waals surface area contributed by atoms with Crippen LogP contribution in [0.1, 0.15) is 16.8 Å². The van der Waals surface area contributed by atoms with Crippen LogP contribution < -0.4 is 0 Å². The maximum Gasteiger partial charge on any atom is 0.142 e. The summed E-state index contributed by atoms with van der Waals surface area (Å²) in [5.74, 6) is 0. The van der Waals surface area contributed by atoms with Crippen molar-refractivity contribution in [1.29, 1.82) is 0 Å². The van der Waals surface area contributed by atoms with Gasteiger partial charge in [-0.15, -0.1) is 0 Å². The van der Waals surface area contributed by atoms with E-state index < -0.39 is 0 Å². The summed E-state index contributed by atoms with van der Waals surface area (Å²) < 4.78 is 7.20. The molecule has 14 heavy (non-hydrogen) atoms. The molecule has 2 heterocycles. The molecule has 0 radical (unpaired) electrons. The molecule has 0 bridgehead atoms. The number of imidazole rings is 1. The van der Waals surface area contributed by atoms with Crippen LogP contribution in [0.5, 0.6) is 0 Å². The number of hydrogen-bond donors (Lipinski definition) is 0. The zero-order valence-electron chi connectivity index (χ0n) is 8.74. The van der Waals surface area contributed by atoms with Crippen molar-refractivity contribution >= 4 is 5.65 Å². The maximum absolute atomic E-state index is 5.15. The van der Waals surface area contributed by atoms with Crippen LogP contribution in [-0.4, -0.2) is 16.5 Å². The van der Waals surface area contributed by atoms with Gasteiger partial charge in [0.15, 0.2) is 0 Å². The number of nitrogens with zero attached hydrogens (tertiary/aromatic N) is 2. The summed E-state index contributed by atoms with van der Waals surface area (Å²) in [5.41, 5.74) is 4.39. The molecule has 2 rings (SSSR count). The minimum Gasteiger partial charge on any atom is -0.380 e. The van der Waals surface area contributed by atoms with Crippen LogP contribution in [0, 0.1) is 13.8 Å². The number of methoxy groups -OCH3 is 1. The Kier molecular flexibility index (Phi) is 2.25. The topological polar surface area (TPSA) is 26.5 Å². The van der Waals surface area contributed by atoms with E-state index in [1.54, 1.807) is 7.11 Å². The fourth-order valence-electron chi connectivity index (χ4n) is 1.71. The number of rotatable bonds is 2. The average molecular weight is 190 g/mol. The summed E-state index contributed by atoms with van der Waals surface area (Å²) in [6.45, 7) is 4.69. The Morgan fingerprint density at radius 1 is 1.36 bits per heavy atom. The van der Waals surface area contributed by atoms with Crippen molar-refractivity contribution in [3.8, 4) is 0 Å². The fourth-order valence-corrected chi connectivity index (χ4v) is 1.71. The van der Waals surface area contributed by atoms with E-state index in [0.717, 1.165) is 16.9 Å². The van der Waals surface area contributed by atoms with Crippen LogP contribution >= 0.6 is 0 Å². The summed E-state index contributed by atoms with van der Waals surface area (Å²) in [6.07, 6.45) is 4.11. The standard InChI is InChI=1S/C11H14N2O/c1-8-4-10(7-14-3)11-12-9(2)6-13(11)5-8/h4-6H,7H2,1-3H3. The molecule has 0 N–H and O–H groups in total. The van der Waals surface area contributed by atoms with Crippen molar-refractivity contribution in [3.05, 3.63) is 35.3 Å². The molecule has 0 spiro atoms. The molecule has 0 aliphatic carbocycles. The Hall–Kier alpha value is -1.35. The van der Waals surface area contributed by atoms with Crippen molar-refractivity contribution in [2.75, 3.05) is 7.11 Å². The molecule has 2 aromatic heterocycles. The van der Waals surface area contributed by atoms with Crippen molar-refractivity contribution in [2.45, 2.75) is 20.5 Å². The van der Waals surface area contributed by atoms with Crippen molar-refractivity contribution in [3.63, 3.8) is 0 Å². The molecular formula is C11H14N2O. The van der Waals surface area contributed by atoms with Crippen LogP contribution in [0.15, 0.2) is 18.5 Å². The van der Waals surface area contributed by atoms with E-state index in [4.69, 9.17) is 4.74 Å². The minimum absolute atomic E-state index is 0.613. The van der Waals surface area contributed by atoms with Crippen molar-refractivity contribution in [2.24, 2.45) is 0 Å².